The van der Waals surface area contributed by atoms with Crippen LogP contribution in [-0.2, 0) is 32.4 Å². The third-order valence-electron chi connectivity index (χ3n) is 9.98. The molecule has 1 amide bonds. The summed E-state index contributed by atoms with van der Waals surface area (Å²) in [7, 11) is 0.689. The minimum atomic E-state index is -1.10. The molecule has 0 radical (unpaired) electrons. The predicted molar refractivity (Wildman–Crippen MR) is 158 cm³/mol. The van der Waals surface area contributed by atoms with Crippen LogP contribution in [0.4, 0.5) is 0 Å². The van der Waals surface area contributed by atoms with E-state index in [1.54, 1.807) is 12.1 Å². The summed E-state index contributed by atoms with van der Waals surface area (Å²) >= 11 is 0. The molecule has 1 saturated heterocycles. The lowest BCUT2D eigenvalue weighted by atomic mass is 9.43. The minimum absolute atomic E-state index is 0.0432. The van der Waals surface area contributed by atoms with E-state index in [-0.39, 0.29) is 58.5 Å². The Labute approximate surface area is 247 Å². The minimum Gasteiger partial charge on any atom is -0.504 e. The van der Waals surface area contributed by atoms with Crippen LogP contribution in [0.3, 0.4) is 0 Å². The van der Waals surface area contributed by atoms with Crippen molar-refractivity contribution in [1.29, 1.82) is 0 Å². The number of amides is 1. The summed E-state index contributed by atoms with van der Waals surface area (Å²) < 4.78 is 19.1. The molecule has 10 heteroatoms. The van der Waals surface area contributed by atoms with Gasteiger partial charge in [-0.2, -0.15) is 0 Å². The summed E-state index contributed by atoms with van der Waals surface area (Å²) in [5.74, 6) is -1.52. The largest absolute Gasteiger partial charge is 0.504 e. The molecule has 0 spiro atoms. The van der Waals surface area contributed by atoms with E-state index in [1.165, 1.54) is 19.2 Å². The Morgan fingerprint density at radius 1 is 1.12 bits per heavy atom. The second-order valence-electron chi connectivity index (χ2n) is 13.9. The fourth-order valence-electron chi connectivity index (χ4n) is 7.56. The smallest absolute Gasteiger partial charge is 0.482 e. The molecule has 9 nitrogen and oxygen atoms in total. The van der Waals surface area contributed by atoms with E-state index in [9.17, 15) is 24.9 Å². The number of ether oxygens (including phenoxy) is 1. The van der Waals surface area contributed by atoms with Crippen LogP contribution >= 0.6 is 0 Å². The van der Waals surface area contributed by atoms with Crippen LogP contribution in [0.15, 0.2) is 30.3 Å². The molecule has 3 aliphatic carbocycles. The SMILES string of the molecule is COc1c(C(=O)O)ccc(C(C)(C)C)c1C[C@H](NC(=O)Cc1ccc(O)c(O)c1)B1OC2CC3CC(C3(C)C)C2(C)O1. The normalized spacial score (nSPS) is 26.6. The molecule has 2 bridgehead atoms. The van der Waals surface area contributed by atoms with Gasteiger partial charge < -0.3 is 34.7 Å². The number of phenolic OH excluding ortho intramolecular Hbond substituents is 2. The van der Waals surface area contributed by atoms with Gasteiger partial charge in [0.05, 0.1) is 31.2 Å². The van der Waals surface area contributed by atoms with Gasteiger partial charge in [-0.05, 0) is 78.2 Å². The van der Waals surface area contributed by atoms with Gasteiger partial charge in [-0.3, -0.25) is 4.79 Å². The number of carboxylic acids is 1. The number of rotatable bonds is 8. The molecule has 2 aromatic rings. The van der Waals surface area contributed by atoms with Gasteiger partial charge in [0.1, 0.15) is 11.3 Å². The van der Waals surface area contributed by atoms with E-state index in [1.807, 2.05) is 26.8 Å². The number of aromatic hydroxyl groups is 2. The molecule has 4 aliphatic rings. The van der Waals surface area contributed by atoms with E-state index >= 15 is 0 Å². The van der Waals surface area contributed by atoms with Crippen LogP contribution in [0.5, 0.6) is 17.2 Å². The van der Waals surface area contributed by atoms with Gasteiger partial charge in [0.15, 0.2) is 11.5 Å². The lowest BCUT2D eigenvalue weighted by Gasteiger charge is -2.64. The van der Waals surface area contributed by atoms with Gasteiger partial charge in [0.25, 0.3) is 0 Å². The van der Waals surface area contributed by atoms with Gasteiger partial charge in [0, 0.05) is 5.56 Å². The maximum Gasteiger partial charge on any atom is 0.482 e. The van der Waals surface area contributed by atoms with E-state index in [2.05, 4.69) is 26.1 Å². The molecule has 42 heavy (non-hydrogen) atoms. The van der Waals surface area contributed by atoms with Gasteiger partial charge in [-0.15, -0.1) is 0 Å². The Hall–Kier alpha value is -3.24. The second-order valence-corrected chi connectivity index (χ2v) is 13.9. The first kappa shape index (κ1) is 30.2. The van der Waals surface area contributed by atoms with Crippen molar-refractivity contribution >= 4 is 19.0 Å². The first-order valence-corrected chi connectivity index (χ1v) is 14.6. The Kier molecular flexibility index (Phi) is 7.55. The maximum absolute atomic E-state index is 13.5. The number of carbonyl (C=O) groups is 2. The molecular weight excluding hydrogens is 537 g/mol. The molecule has 226 valence electrons. The molecule has 0 aromatic heterocycles. The Morgan fingerprint density at radius 3 is 2.43 bits per heavy atom. The molecule has 4 N–H and O–H groups in total. The van der Waals surface area contributed by atoms with E-state index in [0.717, 1.165) is 18.4 Å². The third-order valence-corrected chi connectivity index (χ3v) is 9.98. The predicted octanol–water partition coefficient (Wildman–Crippen LogP) is 4.64. The van der Waals surface area contributed by atoms with Crippen molar-refractivity contribution in [1.82, 2.24) is 5.32 Å². The summed E-state index contributed by atoms with van der Waals surface area (Å²) in [5.41, 5.74) is 1.43. The van der Waals surface area contributed by atoms with Gasteiger partial charge in [-0.1, -0.05) is 46.8 Å². The highest BCUT2D eigenvalue weighted by atomic mass is 16.7. The van der Waals surface area contributed by atoms with Crippen molar-refractivity contribution in [2.24, 2.45) is 17.3 Å². The number of carbonyl (C=O) groups excluding carboxylic acids is 1. The molecule has 4 fully saturated rings. The van der Waals surface area contributed by atoms with Crippen molar-refractivity contribution in [3.8, 4) is 17.2 Å². The summed E-state index contributed by atoms with van der Waals surface area (Å²) in [4.78, 5) is 25.6. The van der Waals surface area contributed by atoms with Crippen LogP contribution in [0, 0.1) is 17.3 Å². The number of aromatic carboxylic acids is 1. The van der Waals surface area contributed by atoms with Crippen LogP contribution in [-0.4, -0.2) is 59.1 Å². The highest BCUT2D eigenvalue weighted by Gasteiger charge is 2.68. The fourth-order valence-corrected chi connectivity index (χ4v) is 7.56. The number of methoxy groups -OCH3 is 1. The van der Waals surface area contributed by atoms with Gasteiger partial charge >= 0.3 is 13.1 Å². The topological polar surface area (TPSA) is 135 Å². The number of hydrogen-bond donors (Lipinski definition) is 4. The number of nitrogens with one attached hydrogen (secondary N) is 1. The highest BCUT2D eigenvalue weighted by molar-refractivity contribution is 6.48. The number of carboxylic acid groups (broad SMARTS) is 1. The zero-order valence-corrected chi connectivity index (χ0v) is 25.5. The summed E-state index contributed by atoms with van der Waals surface area (Å²) in [5, 5.41) is 32.7. The van der Waals surface area contributed by atoms with E-state index in [4.69, 9.17) is 14.0 Å². The van der Waals surface area contributed by atoms with Crippen LogP contribution in [0.1, 0.15) is 81.4 Å². The second kappa shape index (κ2) is 10.5. The molecular formula is C32H42BNO8. The Morgan fingerprint density at radius 2 is 1.83 bits per heavy atom. The maximum atomic E-state index is 13.5. The third kappa shape index (κ3) is 5.13. The van der Waals surface area contributed by atoms with Gasteiger partial charge in [0.2, 0.25) is 5.91 Å². The van der Waals surface area contributed by atoms with Crippen molar-refractivity contribution in [3.05, 3.63) is 52.6 Å². The zero-order valence-electron chi connectivity index (χ0n) is 25.5. The number of hydrogen-bond acceptors (Lipinski definition) is 7. The molecule has 5 atom stereocenters. The average Bonchev–Trinajstić information content (AvgIpc) is 3.26. The standard InChI is InChI=1S/C32H42BNO8/c1-30(2,3)21-10-9-19(29(38)39)28(40-7)20(21)16-26(34-27(37)13-17-8-11-22(35)23(36)12-17)33-41-25-15-18-14-24(31(18,4)5)32(25,6)42-33/h8-12,18,24-26,35-36H,13-16H2,1-7H3,(H,34,37)(H,38,39)/t18?,24?,25?,26-,32?/m0/s1. The highest BCUT2D eigenvalue weighted by Crippen LogP contribution is 2.65. The Balaban J connectivity index is 1.51. The average molecular weight is 579 g/mol. The molecule has 4 unspecified atom stereocenters. The zero-order chi connectivity index (χ0) is 30.8. The molecule has 3 saturated carbocycles. The van der Waals surface area contributed by atoms with E-state index < -0.39 is 24.6 Å². The lowest BCUT2D eigenvalue weighted by Crippen LogP contribution is -2.65. The first-order valence-electron chi connectivity index (χ1n) is 14.6. The van der Waals surface area contributed by atoms with Crippen LogP contribution in [0.2, 0.25) is 0 Å². The van der Waals surface area contributed by atoms with Crippen molar-refractivity contribution in [3.63, 3.8) is 0 Å². The van der Waals surface area contributed by atoms with Crippen molar-refractivity contribution < 1.29 is 39.0 Å². The number of benzene rings is 2. The lowest BCUT2D eigenvalue weighted by molar-refractivity contribution is -0.199. The summed E-state index contributed by atoms with van der Waals surface area (Å²) in [6.07, 6.45) is 2.03. The van der Waals surface area contributed by atoms with E-state index in [0.29, 0.717) is 23.0 Å². The van der Waals surface area contributed by atoms with Crippen LogP contribution < -0.4 is 10.1 Å². The molecule has 1 heterocycles. The monoisotopic (exact) mass is 579 g/mol. The molecule has 2 aromatic carbocycles. The van der Waals surface area contributed by atoms with Crippen molar-refractivity contribution in [2.75, 3.05) is 7.11 Å². The first-order chi connectivity index (χ1) is 19.6. The van der Waals surface area contributed by atoms with Crippen molar-refractivity contribution in [2.45, 2.75) is 90.3 Å². The summed E-state index contributed by atoms with van der Waals surface area (Å²) in [6, 6.07) is 7.65. The molecule has 6 rings (SSSR count). The van der Waals surface area contributed by atoms with Gasteiger partial charge in [-0.25, -0.2) is 4.79 Å². The molecule has 1 aliphatic heterocycles. The Bertz CT molecular complexity index is 1400. The summed E-state index contributed by atoms with van der Waals surface area (Å²) in [6.45, 7) is 12.8. The quantitative estimate of drug-likeness (QED) is 0.263. The number of phenols is 2. The fraction of sp³-hybridized carbons (Fsp3) is 0.562. The van der Waals surface area contributed by atoms with Crippen LogP contribution in [0.25, 0.3) is 0 Å².